The molecule has 0 saturated carbocycles. The van der Waals surface area contributed by atoms with E-state index in [0.29, 0.717) is 6.61 Å². The molecule has 0 bridgehead atoms. The van der Waals surface area contributed by atoms with Crippen LogP contribution >= 0.6 is 0 Å². The molecule has 1 aromatic heterocycles. The van der Waals surface area contributed by atoms with Gasteiger partial charge in [-0.25, -0.2) is 4.98 Å². The van der Waals surface area contributed by atoms with Crippen molar-refractivity contribution >= 4 is 11.5 Å². The molecule has 4 nitrogen and oxygen atoms in total. The Hall–Kier alpha value is -2.23. The van der Waals surface area contributed by atoms with Gasteiger partial charge in [-0.05, 0) is 24.6 Å². The van der Waals surface area contributed by atoms with Crippen LogP contribution in [0.5, 0.6) is 5.75 Å². The fraction of sp³-hybridized carbons (Fsp3) is 0.353. The summed E-state index contributed by atoms with van der Waals surface area (Å²) in [5, 5.41) is 3.26. The van der Waals surface area contributed by atoms with Crippen LogP contribution < -0.4 is 15.0 Å². The molecule has 0 aliphatic rings. The summed E-state index contributed by atoms with van der Waals surface area (Å²) in [4.78, 5) is 6.43. The first-order valence-electron chi connectivity index (χ1n) is 7.28. The van der Waals surface area contributed by atoms with Gasteiger partial charge in [0.2, 0.25) is 0 Å². The molecule has 0 saturated heterocycles. The molecule has 0 amide bonds. The van der Waals surface area contributed by atoms with Crippen LogP contribution in [-0.4, -0.2) is 25.6 Å². The van der Waals surface area contributed by atoms with E-state index >= 15 is 0 Å². The third-order valence-corrected chi connectivity index (χ3v) is 3.12. The van der Waals surface area contributed by atoms with E-state index in [0.717, 1.165) is 35.8 Å². The Kier molecular flexibility index (Phi) is 5.43. The van der Waals surface area contributed by atoms with Crippen LogP contribution in [0.15, 0.2) is 42.6 Å². The minimum atomic E-state index is 0.526. The Labute approximate surface area is 126 Å². The number of benzene rings is 1. The summed E-state index contributed by atoms with van der Waals surface area (Å²) < 4.78 is 5.82. The van der Waals surface area contributed by atoms with Crippen molar-refractivity contribution in [2.24, 2.45) is 0 Å². The third kappa shape index (κ3) is 4.67. The highest BCUT2D eigenvalue weighted by Gasteiger charge is 2.00. The maximum atomic E-state index is 5.82. The van der Waals surface area contributed by atoms with Gasteiger partial charge in [-0.3, -0.25) is 0 Å². The fourth-order valence-electron chi connectivity index (χ4n) is 1.89. The topological polar surface area (TPSA) is 37.4 Å². The molecule has 1 heterocycles. The quantitative estimate of drug-likeness (QED) is 0.844. The van der Waals surface area contributed by atoms with Crippen molar-refractivity contribution in [1.82, 2.24) is 4.98 Å². The number of rotatable bonds is 7. The zero-order valence-corrected chi connectivity index (χ0v) is 13.0. The maximum Gasteiger partial charge on any atom is 0.125 e. The summed E-state index contributed by atoms with van der Waals surface area (Å²) in [6.07, 6.45) is 2.95. The van der Waals surface area contributed by atoms with Crippen LogP contribution in [-0.2, 0) is 6.61 Å². The van der Waals surface area contributed by atoms with Crippen LogP contribution in [0.3, 0.4) is 0 Å². The molecule has 0 aliphatic carbocycles. The first-order chi connectivity index (χ1) is 10.2. The van der Waals surface area contributed by atoms with Gasteiger partial charge in [0.05, 0.1) is 0 Å². The second-order valence-corrected chi connectivity index (χ2v) is 5.16. The van der Waals surface area contributed by atoms with E-state index in [1.807, 2.05) is 50.6 Å². The van der Waals surface area contributed by atoms with Gasteiger partial charge in [0, 0.05) is 44.2 Å². The lowest BCUT2D eigenvalue weighted by Crippen LogP contribution is -2.08. The minimum absolute atomic E-state index is 0.526. The molecule has 2 rings (SSSR count). The lowest BCUT2D eigenvalue weighted by molar-refractivity contribution is 0.306. The molecular weight excluding hydrogens is 262 g/mol. The number of hydrogen-bond donors (Lipinski definition) is 1. The standard InChI is InChI=1S/C17H23N3O/c1-4-10-18-17-9-8-14(12-19-17)13-21-16-7-5-6-15(11-16)20(2)3/h5-9,11-12H,4,10,13H2,1-3H3,(H,18,19). The summed E-state index contributed by atoms with van der Waals surface area (Å²) in [6.45, 7) is 3.61. The average molecular weight is 285 g/mol. The average Bonchev–Trinajstić information content (AvgIpc) is 2.52. The molecule has 0 atom stereocenters. The van der Waals surface area contributed by atoms with Crippen molar-refractivity contribution in [3.63, 3.8) is 0 Å². The molecule has 0 fully saturated rings. The SMILES string of the molecule is CCCNc1ccc(COc2cccc(N(C)C)c2)cn1. The van der Waals surface area contributed by atoms with Crippen molar-refractivity contribution in [3.8, 4) is 5.75 Å². The molecule has 0 spiro atoms. The fourth-order valence-corrected chi connectivity index (χ4v) is 1.89. The molecule has 0 aliphatic heterocycles. The van der Waals surface area contributed by atoms with E-state index in [1.165, 1.54) is 0 Å². The van der Waals surface area contributed by atoms with E-state index in [1.54, 1.807) is 0 Å². The predicted octanol–water partition coefficient (Wildman–Crippen LogP) is 3.55. The maximum absolute atomic E-state index is 5.82. The normalized spacial score (nSPS) is 10.2. The molecule has 21 heavy (non-hydrogen) atoms. The smallest absolute Gasteiger partial charge is 0.125 e. The van der Waals surface area contributed by atoms with Gasteiger partial charge in [0.1, 0.15) is 18.2 Å². The summed E-state index contributed by atoms with van der Waals surface area (Å²) in [7, 11) is 4.04. The molecule has 1 aromatic carbocycles. The number of ether oxygens (including phenoxy) is 1. The Morgan fingerprint density at radius 3 is 2.71 bits per heavy atom. The largest absolute Gasteiger partial charge is 0.489 e. The van der Waals surface area contributed by atoms with Gasteiger partial charge in [-0.2, -0.15) is 0 Å². The summed E-state index contributed by atoms with van der Waals surface area (Å²) in [6, 6.07) is 12.1. The predicted molar refractivity (Wildman–Crippen MR) is 88.1 cm³/mol. The Morgan fingerprint density at radius 2 is 2.05 bits per heavy atom. The van der Waals surface area contributed by atoms with Gasteiger partial charge in [0.15, 0.2) is 0 Å². The molecule has 0 unspecified atom stereocenters. The number of aromatic nitrogens is 1. The van der Waals surface area contributed by atoms with Gasteiger partial charge < -0.3 is 15.0 Å². The number of nitrogens with one attached hydrogen (secondary N) is 1. The molecule has 1 N–H and O–H groups in total. The Bertz CT molecular complexity index is 552. The van der Waals surface area contributed by atoms with Crippen LogP contribution in [0, 0.1) is 0 Å². The van der Waals surface area contributed by atoms with Gasteiger partial charge in [0.25, 0.3) is 0 Å². The van der Waals surface area contributed by atoms with E-state index < -0.39 is 0 Å². The molecular formula is C17H23N3O. The molecule has 0 radical (unpaired) electrons. The Balaban J connectivity index is 1.92. The van der Waals surface area contributed by atoms with Crippen molar-refractivity contribution in [2.75, 3.05) is 30.9 Å². The minimum Gasteiger partial charge on any atom is -0.489 e. The van der Waals surface area contributed by atoms with Crippen LogP contribution in [0.25, 0.3) is 0 Å². The van der Waals surface area contributed by atoms with E-state index in [4.69, 9.17) is 4.74 Å². The van der Waals surface area contributed by atoms with Crippen LogP contribution in [0.2, 0.25) is 0 Å². The zero-order chi connectivity index (χ0) is 15.1. The first-order valence-corrected chi connectivity index (χ1v) is 7.28. The molecule has 2 aromatic rings. The Morgan fingerprint density at radius 1 is 1.19 bits per heavy atom. The second kappa shape index (κ2) is 7.53. The van der Waals surface area contributed by atoms with Crippen LogP contribution in [0.4, 0.5) is 11.5 Å². The van der Waals surface area contributed by atoms with E-state index in [-0.39, 0.29) is 0 Å². The summed E-state index contributed by atoms with van der Waals surface area (Å²) in [5.74, 6) is 1.78. The van der Waals surface area contributed by atoms with E-state index in [2.05, 4.69) is 28.2 Å². The highest BCUT2D eigenvalue weighted by atomic mass is 16.5. The summed E-state index contributed by atoms with van der Waals surface area (Å²) in [5.41, 5.74) is 2.19. The van der Waals surface area contributed by atoms with E-state index in [9.17, 15) is 0 Å². The van der Waals surface area contributed by atoms with Crippen molar-refractivity contribution in [2.45, 2.75) is 20.0 Å². The molecule has 4 heteroatoms. The lowest BCUT2D eigenvalue weighted by Gasteiger charge is -2.14. The number of hydrogen-bond acceptors (Lipinski definition) is 4. The van der Waals surface area contributed by atoms with Crippen LogP contribution in [0.1, 0.15) is 18.9 Å². The van der Waals surface area contributed by atoms with Gasteiger partial charge in [-0.1, -0.05) is 19.1 Å². The lowest BCUT2D eigenvalue weighted by atomic mass is 10.2. The van der Waals surface area contributed by atoms with Crippen molar-refractivity contribution < 1.29 is 4.74 Å². The third-order valence-electron chi connectivity index (χ3n) is 3.12. The van der Waals surface area contributed by atoms with Crippen molar-refractivity contribution in [1.29, 1.82) is 0 Å². The zero-order valence-electron chi connectivity index (χ0n) is 13.0. The number of pyridine rings is 1. The summed E-state index contributed by atoms with van der Waals surface area (Å²) >= 11 is 0. The van der Waals surface area contributed by atoms with Crippen molar-refractivity contribution in [3.05, 3.63) is 48.2 Å². The molecule has 112 valence electrons. The van der Waals surface area contributed by atoms with Gasteiger partial charge >= 0.3 is 0 Å². The number of nitrogens with zero attached hydrogens (tertiary/aromatic N) is 2. The number of anilines is 2. The van der Waals surface area contributed by atoms with Gasteiger partial charge in [-0.15, -0.1) is 0 Å². The monoisotopic (exact) mass is 285 g/mol. The highest BCUT2D eigenvalue weighted by molar-refractivity contribution is 5.49. The highest BCUT2D eigenvalue weighted by Crippen LogP contribution is 2.20. The first kappa shape index (κ1) is 15.2. The second-order valence-electron chi connectivity index (χ2n) is 5.16.